The van der Waals surface area contributed by atoms with Crippen molar-refractivity contribution < 1.29 is 13.2 Å². The predicted octanol–water partition coefficient (Wildman–Crippen LogP) is 3.41. The van der Waals surface area contributed by atoms with Crippen molar-refractivity contribution in [2.45, 2.75) is 26.6 Å². The van der Waals surface area contributed by atoms with Crippen molar-refractivity contribution in [3.63, 3.8) is 0 Å². The molecule has 1 N–H and O–H groups in total. The molecule has 3 rings (SSSR count). The molecular formula is C16H14F3N3O. The number of halogens is 3. The van der Waals surface area contributed by atoms with Crippen LogP contribution in [0, 0.1) is 13.8 Å². The van der Waals surface area contributed by atoms with Gasteiger partial charge in [-0.3, -0.25) is 9.36 Å². The lowest BCUT2D eigenvalue weighted by molar-refractivity contribution is -0.147. The van der Waals surface area contributed by atoms with Crippen LogP contribution < -0.4 is 5.56 Å². The minimum Gasteiger partial charge on any atom is -0.343 e. The first-order chi connectivity index (χ1) is 10.8. The number of aromatic nitrogens is 3. The monoisotopic (exact) mass is 321 g/mol. The highest BCUT2D eigenvalue weighted by Gasteiger charge is 2.37. The second kappa shape index (κ2) is 5.26. The molecule has 120 valence electrons. The maximum absolute atomic E-state index is 13.3. The number of aromatic amines is 1. The number of nitrogens with zero attached hydrogens (tertiary/aromatic N) is 2. The summed E-state index contributed by atoms with van der Waals surface area (Å²) in [5.41, 5.74) is 1.38. The van der Waals surface area contributed by atoms with Gasteiger partial charge in [0, 0.05) is 5.69 Å². The van der Waals surface area contributed by atoms with Gasteiger partial charge in [-0.2, -0.15) is 13.2 Å². The molecule has 1 aromatic carbocycles. The zero-order valence-corrected chi connectivity index (χ0v) is 12.5. The van der Waals surface area contributed by atoms with E-state index in [9.17, 15) is 18.0 Å². The summed E-state index contributed by atoms with van der Waals surface area (Å²) in [6, 6.07) is 8.53. The molecule has 0 amide bonds. The summed E-state index contributed by atoms with van der Waals surface area (Å²) >= 11 is 0. The van der Waals surface area contributed by atoms with Crippen molar-refractivity contribution in [2.24, 2.45) is 0 Å². The van der Waals surface area contributed by atoms with E-state index in [1.165, 1.54) is 6.07 Å². The van der Waals surface area contributed by atoms with E-state index >= 15 is 0 Å². The summed E-state index contributed by atoms with van der Waals surface area (Å²) in [5, 5.41) is 0.156. The minimum atomic E-state index is -4.71. The van der Waals surface area contributed by atoms with Gasteiger partial charge in [0.05, 0.1) is 11.9 Å². The molecule has 0 spiro atoms. The molecule has 23 heavy (non-hydrogen) atoms. The van der Waals surface area contributed by atoms with Crippen molar-refractivity contribution in [3.8, 4) is 0 Å². The van der Waals surface area contributed by atoms with Gasteiger partial charge >= 0.3 is 6.18 Å². The van der Waals surface area contributed by atoms with E-state index < -0.39 is 17.6 Å². The number of hydrogen-bond donors (Lipinski definition) is 1. The van der Waals surface area contributed by atoms with Crippen LogP contribution in [0.4, 0.5) is 13.2 Å². The topological polar surface area (TPSA) is 50.7 Å². The summed E-state index contributed by atoms with van der Waals surface area (Å²) in [6.45, 7) is 3.33. The maximum atomic E-state index is 13.3. The molecule has 0 saturated heterocycles. The molecule has 3 aromatic rings. The molecule has 0 bridgehead atoms. The van der Waals surface area contributed by atoms with Gasteiger partial charge in [-0.05, 0) is 25.5 Å². The van der Waals surface area contributed by atoms with Crippen LogP contribution in [-0.4, -0.2) is 14.5 Å². The van der Waals surface area contributed by atoms with Gasteiger partial charge < -0.3 is 4.98 Å². The van der Waals surface area contributed by atoms with Crippen molar-refractivity contribution in [1.82, 2.24) is 14.5 Å². The van der Waals surface area contributed by atoms with E-state index in [1.807, 2.05) is 13.0 Å². The molecule has 0 saturated carbocycles. The van der Waals surface area contributed by atoms with E-state index in [-0.39, 0.29) is 17.6 Å². The molecule has 7 heteroatoms. The van der Waals surface area contributed by atoms with Crippen LogP contribution in [0.1, 0.15) is 22.6 Å². The molecule has 0 aliphatic heterocycles. The Balaban J connectivity index is 2.24. The predicted molar refractivity (Wildman–Crippen MR) is 80.4 cm³/mol. The fourth-order valence-corrected chi connectivity index (χ4v) is 2.59. The number of aryl methyl sites for hydroxylation is 2. The Kier molecular flexibility index (Phi) is 3.50. The van der Waals surface area contributed by atoms with Gasteiger partial charge in [0.15, 0.2) is 0 Å². The third kappa shape index (κ3) is 2.86. The summed E-state index contributed by atoms with van der Waals surface area (Å²) in [7, 11) is 0. The third-order valence-electron chi connectivity index (χ3n) is 3.56. The minimum absolute atomic E-state index is 0.0414. The van der Waals surface area contributed by atoms with E-state index in [4.69, 9.17) is 0 Å². The Morgan fingerprint density at radius 2 is 1.96 bits per heavy atom. The number of alkyl halides is 3. The first-order valence-corrected chi connectivity index (χ1v) is 6.98. The van der Waals surface area contributed by atoms with Crippen molar-refractivity contribution in [2.75, 3.05) is 0 Å². The average Bonchev–Trinajstić information content (AvgIpc) is 2.82. The second-order valence-electron chi connectivity index (χ2n) is 5.53. The highest BCUT2D eigenvalue weighted by atomic mass is 19.4. The van der Waals surface area contributed by atoms with Crippen LogP contribution in [0.2, 0.25) is 0 Å². The quantitative estimate of drug-likeness (QED) is 0.786. The molecule has 0 unspecified atom stereocenters. The normalized spacial score (nSPS) is 12.0. The molecule has 0 atom stereocenters. The maximum Gasteiger partial charge on any atom is 0.449 e. The third-order valence-corrected chi connectivity index (χ3v) is 3.56. The number of H-pyrrole nitrogens is 1. The van der Waals surface area contributed by atoms with E-state index in [0.717, 1.165) is 5.56 Å². The Morgan fingerprint density at radius 1 is 1.22 bits per heavy atom. The lowest BCUT2D eigenvalue weighted by atomic mass is 10.1. The lowest BCUT2D eigenvalue weighted by Gasteiger charge is -2.14. The van der Waals surface area contributed by atoms with Crippen molar-refractivity contribution >= 4 is 11.0 Å². The van der Waals surface area contributed by atoms with Crippen LogP contribution >= 0.6 is 0 Å². The molecule has 4 nitrogen and oxygen atoms in total. The Hall–Kier alpha value is -2.57. The van der Waals surface area contributed by atoms with Crippen LogP contribution in [-0.2, 0) is 12.7 Å². The molecule has 0 aliphatic carbocycles. The average molecular weight is 321 g/mol. The number of nitrogens with one attached hydrogen (secondary N) is 1. The summed E-state index contributed by atoms with van der Waals surface area (Å²) in [5.74, 6) is -1.20. The summed E-state index contributed by atoms with van der Waals surface area (Å²) in [4.78, 5) is 18.8. The zero-order chi connectivity index (χ0) is 16.8. The molecule has 0 fully saturated rings. The van der Waals surface area contributed by atoms with Gasteiger partial charge in [0.25, 0.3) is 5.56 Å². The number of rotatable bonds is 2. The summed E-state index contributed by atoms with van der Waals surface area (Å²) in [6.07, 6.45) is -4.71. The zero-order valence-electron chi connectivity index (χ0n) is 12.5. The van der Waals surface area contributed by atoms with Gasteiger partial charge in [-0.1, -0.05) is 29.8 Å². The van der Waals surface area contributed by atoms with Crippen LogP contribution in [0.15, 0.2) is 35.1 Å². The number of fused-ring (bicyclic) bond motifs is 1. The van der Waals surface area contributed by atoms with Gasteiger partial charge in [-0.25, -0.2) is 4.98 Å². The SMILES string of the molecule is Cc1cccc(Cn2c(C(F)(F)F)nc3[nH]c(C)cc3c2=O)c1. The molecule has 0 radical (unpaired) electrons. The van der Waals surface area contributed by atoms with Crippen LogP contribution in [0.25, 0.3) is 11.0 Å². The van der Waals surface area contributed by atoms with Gasteiger partial charge in [0.1, 0.15) is 5.65 Å². The van der Waals surface area contributed by atoms with Crippen molar-refractivity contribution in [3.05, 3.63) is 63.3 Å². The fraction of sp³-hybridized carbons (Fsp3) is 0.250. The highest BCUT2D eigenvalue weighted by molar-refractivity contribution is 5.75. The van der Waals surface area contributed by atoms with Gasteiger partial charge in [-0.15, -0.1) is 0 Å². The summed E-state index contributed by atoms with van der Waals surface area (Å²) < 4.78 is 40.6. The molecular weight excluding hydrogens is 307 g/mol. The first-order valence-electron chi connectivity index (χ1n) is 6.98. The Morgan fingerprint density at radius 3 is 2.61 bits per heavy atom. The molecule has 0 aliphatic rings. The Labute approximate surface area is 129 Å². The first kappa shape index (κ1) is 15.3. The van der Waals surface area contributed by atoms with E-state index in [2.05, 4.69) is 9.97 Å². The van der Waals surface area contributed by atoms with E-state index in [1.54, 1.807) is 25.1 Å². The van der Waals surface area contributed by atoms with Crippen LogP contribution in [0.5, 0.6) is 0 Å². The largest absolute Gasteiger partial charge is 0.449 e. The Bertz CT molecular complexity index is 938. The fourth-order valence-electron chi connectivity index (χ4n) is 2.59. The second-order valence-corrected chi connectivity index (χ2v) is 5.53. The standard InChI is InChI=1S/C16H14F3N3O/c1-9-4-3-5-11(6-9)8-22-14(23)12-7-10(2)20-13(12)21-15(22)16(17,18)19/h3-7,20H,8H2,1-2H3. The number of hydrogen-bond acceptors (Lipinski definition) is 2. The smallest absolute Gasteiger partial charge is 0.343 e. The van der Waals surface area contributed by atoms with Gasteiger partial charge in [0.2, 0.25) is 5.82 Å². The highest BCUT2D eigenvalue weighted by Crippen LogP contribution is 2.28. The van der Waals surface area contributed by atoms with Crippen LogP contribution in [0.3, 0.4) is 0 Å². The molecule has 2 heterocycles. The lowest BCUT2D eigenvalue weighted by Crippen LogP contribution is -2.30. The van der Waals surface area contributed by atoms with E-state index in [0.29, 0.717) is 15.8 Å². The van der Waals surface area contributed by atoms with Crippen molar-refractivity contribution in [1.29, 1.82) is 0 Å². The molecule has 2 aromatic heterocycles. The number of benzene rings is 1.